The molecule has 0 bridgehead atoms. The molecule has 1 saturated carbocycles. The number of carbonyl (C=O) groups excluding carboxylic acids is 2. The molecule has 130 valence electrons. The molecule has 1 saturated heterocycles. The van der Waals surface area contributed by atoms with Crippen LogP contribution < -0.4 is 5.32 Å². The highest BCUT2D eigenvalue weighted by molar-refractivity contribution is 7.09. The quantitative estimate of drug-likeness (QED) is 0.804. The number of nitrogens with zero attached hydrogens (tertiary/aromatic N) is 2. The zero-order valence-corrected chi connectivity index (χ0v) is 14.2. The predicted molar refractivity (Wildman–Crippen MR) is 87.9 cm³/mol. The fourth-order valence-corrected chi connectivity index (χ4v) is 4.21. The Balaban J connectivity index is 1.45. The van der Waals surface area contributed by atoms with E-state index >= 15 is 0 Å². The Morgan fingerprint density at radius 2 is 2.12 bits per heavy atom. The summed E-state index contributed by atoms with van der Waals surface area (Å²) < 4.78 is 0. The van der Waals surface area contributed by atoms with Crippen LogP contribution in [0.2, 0.25) is 0 Å². The monoisotopic (exact) mass is 351 g/mol. The highest BCUT2D eigenvalue weighted by Gasteiger charge is 2.38. The lowest BCUT2D eigenvalue weighted by molar-refractivity contribution is -0.130. The van der Waals surface area contributed by atoms with E-state index in [9.17, 15) is 14.4 Å². The molecule has 7 nitrogen and oxygen atoms in total. The summed E-state index contributed by atoms with van der Waals surface area (Å²) in [6, 6.07) is 0.319. The van der Waals surface area contributed by atoms with Crippen molar-refractivity contribution >= 4 is 29.1 Å². The number of carboxylic acids is 1. The van der Waals surface area contributed by atoms with Gasteiger partial charge in [-0.15, -0.1) is 11.3 Å². The largest absolute Gasteiger partial charge is 0.476 e. The van der Waals surface area contributed by atoms with E-state index in [1.165, 1.54) is 16.7 Å². The smallest absolute Gasteiger partial charge is 0.355 e. The summed E-state index contributed by atoms with van der Waals surface area (Å²) in [5.41, 5.74) is 0.0370. The molecule has 3 rings (SSSR count). The van der Waals surface area contributed by atoms with Crippen LogP contribution in [-0.4, -0.2) is 51.9 Å². The normalized spacial score (nSPS) is 21.4. The number of likely N-dealkylation sites (tertiary alicyclic amines) is 1. The van der Waals surface area contributed by atoms with Gasteiger partial charge in [0, 0.05) is 37.4 Å². The van der Waals surface area contributed by atoms with Crippen molar-refractivity contribution in [2.45, 2.75) is 44.6 Å². The minimum atomic E-state index is -1.04. The van der Waals surface area contributed by atoms with Gasteiger partial charge in [-0.2, -0.15) is 0 Å². The maximum absolute atomic E-state index is 12.3. The first-order valence-electron chi connectivity index (χ1n) is 8.29. The van der Waals surface area contributed by atoms with Gasteiger partial charge in [0.05, 0.1) is 10.9 Å². The fourth-order valence-electron chi connectivity index (χ4n) is 3.44. The molecule has 1 unspecified atom stereocenters. The first kappa shape index (κ1) is 16.9. The third-order valence-corrected chi connectivity index (χ3v) is 5.61. The van der Waals surface area contributed by atoms with Crippen molar-refractivity contribution in [2.75, 3.05) is 13.1 Å². The molecule has 8 heteroatoms. The van der Waals surface area contributed by atoms with Crippen molar-refractivity contribution in [3.05, 3.63) is 16.1 Å². The Morgan fingerprint density at radius 3 is 2.79 bits per heavy atom. The number of carbonyl (C=O) groups is 3. The van der Waals surface area contributed by atoms with Gasteiger partial charge in [0.25, 0.3) is 0 Å². The number of amides is 2. The van der Waals surface area contributed by atoms with Crippen LogP contribution in [0.15, 0.2) is 5.38 Å². The second-order valence-corrected chi connectivity index (χ2v) is 7.30. The average Bonchev–Trinajstić information content (AvgIpc) is 3.26. The molecule has 2 N–H and O–H groups in total. The molecule has 24 heavy (non-hydrogen) atoms. The van der Waals surface area contributed by atoms with Crippen molar-refractivity contribution in [1.82, 2.24) is 15.2 Å². The standard InChI is InChI=1S/C16H21N3O4S/c20-14-7-10(8-19(14)11-3-1-2-4-11)15(21)17-6-5-13-18-12(9-24-13)16(22)23/h9-11H,1-8H2,(H,17,21)(H,22,23). The van der Waals surface area contributed by atoms with E-state index in [2.05, 4.69) is 10.3 Å². The van der Waals surface area contributed by atoms with Gasteiger partial charge in [-0.3, -0.25) is 9.59 Å². The molecular formula is C16H21N3O4S. The number of hydrogen-bond acceptors (Lipinski definition) is 5. The Morgan fingerprint density at radius 1 is 1.38 bits per heavy atom. The highest BCUT2D eigenvalue weighted by Crippen LogP contribution is 2.29. The summed E-state index contributed by atoms with van der Waals surface area (Å²) >= 11 is 1.27. The van der Waals surface area contributed by atoms with E-state index in [1.54, 1.807) is 0 Å². The molecule has 1 aromatic heterocycles. The van der Waals surface area contributed by atoms with Crippen LogP contribution in [0.4, 0.5) is 0 Å². The number of aromatic nitrogens is 1. The van der Waals surface area contributed by atoms with Gasteiger partial charge >= 0.3 is 5.97 Å². The van der Waals surface area contributed by atoms with Crippen LogP contribution in [0.5, 0.6) is 0 Å². The number of aromatic carboxylic acids is 1. The van der Waals surface area contributed by atoms with Gasteiger partial charge in [-0.1, -0.05) is 12.8 Å². The van der Waals surface area contributed by atoms with Crippen LogP contribution in [0, 0.1) is 5.92 Å². The topological polar surface area (TPSA) is 99.6 Å². The molecule has 2 aliphatic rings. The Bertz CT molecular complexity index is 639. The van der Waals surface area contributed by atoms with E-state index in [0.717, 1.165) is 25.7 Å². The second kappa shape index (κ2) is 7.29. The lowest BCUT2D eigenvalue weighted by atomic mass is 10.1. The highest BCUT2D eigenvalue weighted by atomic mass is 32.1. The number of thiazole rings is 1. The van der Waals surface area contributed by atoms with Crippen LogP contribution in [-0.2, 0) is 16.0 Å². The van der Waals surface area contributed by atoms with E-state index in [4.69, 9.17) is 5.11 Å². The third kappa shape index (κ3) is 3.75. The van der Waals surface area contributed by atoms with Crippen LogP contribution in [0.25, 0.3) is 0 Å². The van der Waals surface area contributed by atoms with Crippen LogP contribution >= 0.6 is 11.3 Å². The average molecular weight is 351 g/mol. The number of hydrogen-bond donors (Lipinski definition) is 2. The summed E-state index contributed by atoms with van der Waals surface area (Å²) in [6.07, 6.45) is 5.22. The third-order valence-electron chi connectivity index (χ3n) is 4.70. The van der Waals surface area contributed by atoms with Crippen molar-refractivity contribution < 1.29 is 19.5 Å². The maximum Gasteiger partial charge on any atom is 0.355 e. The summed E-state index contributed by atoms with van der Waals surface area (Å²) in [4.78, 5) is 41.0. The summed E-state index contributed by atoms with van der Waals surface area (Å²) in [5.74, 6) is -1.33. The van der Waals surface area contributed by atoms with E-state index in [0.29, 0.717) is 37.0 Å². The van der Waals surface area contributed by atoms with Gasteiger partial charge < -0.3 is 15.3 Å². The summed E-state index contributed by atoms with van der Waals surface area (Å²) in [6.45, 7) is 0.926. The van der Waals surface area contributed by atoms with Crippen molar-refractivity contribution in [3.8, 4) is 0 Å². The van der Waals surface area contributed by atoms with E-state index in [1.807, 2.05) is 4.90 Å². The Kier molecular flexibility index (Phi) is 5.13. The molecule has 2 heterocycles. The van der Waals surface area contributed by atoms with Crippen LogP contribution in [0.1, 0.15) is 47.6 Å². The first-order chi connectivity index (χ1) is 11.5. The van der Waals surface area contributed by atoms with E-state index in [-0.39, 0.29) is 23.4 Å². The number of rotatable bonds is 6. The molecule has 0 spiro atoms. The summed E-state index contributed by atoms with van der Waals surface area (Å²) in [5, 5.41) is 13.9. The minimum Gasteiger partial charge on any atom is -0.476 e. The summed E-state index contributed by atoms with van der Waals surface area (Å²) in [7, 11) is 0. The van der Waals surface area contributed by atoms with Crippen LogP contribution in [0.3, 0.4) is 0 Å². The fraction of sp³-hybridized carbons (Fsp3) is 0.625. The Labute approximate surface area is 144 Å². The zero-order valence-electron chi connectivity index (χ0n) is 13.4. The lowest BCUT2D eigenvalue weighted by Gasteiger charge is -2.23. The molecule has 0 radical (unpaired) electrons. The lowest BCUT2D eigenvalue weighted by Crippen LogP contribution is -2.37. The van der Waals surface area contributed by atoms with Gasteiger partial charge in [0.1, 0.15) is 0 Å². The second-order valence-electron chi connectivity index (χ2n) is 6.36. The molecular weight excluding hydrogens is 330 g/mol. The maximum atomic E-state index is 12.3. The minimum absolute atomic E-state index is 0.0370. The van der Waals surface area contributed by atoms with Crippen molar-refractivity contribution in [1.29, 1.82) is 0 Å². The SMILES string of the molecule is O=C(O)c1csc(CCNC(=O)C2CC(=O)N(C3CCCC3)C2)n1. The van der Waals surface area contributed by atoms with Crippen molar-refractivity contribution in [3.63, 3.8) is 0 Å². The Hall–Kier alpha value is -1.96. The first-order valence-corrected chi connectivity index (χ1v) is 9.17. The molecule has 1 aliphatic heterocycles. The molecule has 2 fully saturated rings. The number of carboxylic acid groups (broad SMARTS) is 1. The van der Waals surface area contributed by atoms with Gasteiger partial charge in [0.2, 0.25) is 11.8 Å². The molecule has 0 aromatic carbocycles. The van der Waals surface area contributed by atoms with Crippen molar-refractivity contribution in [2.24, 2.45) is 5.92 Å². The number of nitrogens with one attached hydrogen (secondary N) is 1. The van der Waals surface area contributed by atoms with E-state index < -0.39 is 5.97 Å². The zero-order chi connectivity index (χ0) is 17.1. The molecule has 2 amide bonds. The molecule has 1 atom stereocenters. The van der Waals surface area contributed by atoms with Gasteiger partial charge in [0.15, 0.2) is 5.69 Å². The predicted octanol–water partition coefficient (Wildman–Crippen LogP) is 1.29. The molecule has 1 aromatic rings. The van der Waals surface area contributed by atoms with Gasteiger partial charge in [-0.05, 0) is 12.8 Å². The van der Waals surface area contributed by atoms with Gasteiger partial charge in [-0.25, -0.2) is 9.78 Å². The molecule has 1 aliphatic carbocycles.